The molecule has 0 amide bonds. The number of ether oxygens (including phenoxy) is 2. The summed E-state index contributed by atoms with van der Waals surface area (Å²) in [5.74, 6) is 2.97. The third kappa shape index (κ3) is 4.94. The molecule has 1 aromatic carbocycles. The fourth-order valence-electron chi connectivity index (χ4n) is 2.01. The Hall–Kier alpha value is -1.18. The summed E-state index contributed by atoms with van der Waals surface area (Å²) in [6.45, 7) is 4.80. The minimum atomic E-state index is 0. The van der Waals surface area contributed by atoms with Crippen LogP contribution in [0.5, 0.6) is 11.5 Å². The Morgan fingerprint density at radius 3 is 2.62 bits per heavy atom. The van der Waals surface area contributed by atoms with Gasteiger partial charge in [0, 0.05) is 24.8 Å². The summed E-state index contributed by atoms with van der Waals surface area (Å²) in [5.41, 5.74) is 0.923. The molecule has 0 radical (unpaired) electrons. The molecule has 1 fully saturated rings. The van der Waals surface area contributed by atoms with Crippen LogP contribution in [0.3, 0.4) is 0 Å². The number of benzene rings is 1. The zero-order valence-corrected chi connectivity index (χ0v) is 15.3. The van der Waals surface area contributed by atoms with Crippen LogP contribution >= 0.6 is 24.0 Å². The van der Waals surface area contributed by atoms with Crippen molar-refractivity contribution in [3.63, 3.8) is 0 Å². The van der Waals surface area contributed by atoms with Gasteiger partial charge in [0.2, 0.25) is 0 Å². The van der Waals surface area contributed by atoms with Gasteiger partial charge in [0.05, 0.1) is 13.7 Å². The van der Waals surface area contributed by atoms with Gasteiger partial charge in [0.1, 0.15) is 0 Å². The Labute approximate surface area is 143 Å². The highest BCUT2D eigenvalue weighted by Crippen LogP contribution is 2.31. The number of hydrogen-bond donors (Lipinski definition) is 2. The molecule has 21 heavy (non-hydrogen) atoms. The Morgan fingerprint density at radius 2 is 2.10 bits per heavy atom. The Kier molecular flexibility index (Phi) is 7.07. The fraction of sp³-hybridized carbons (Fsp3) is 0.533. The van der Waals surface area contributed by atoms with Gasteiger partial charge in [-0.3, -0.25) is 4.99 Å². The maximum Gasteiger partial charge on any atom is 0.195 e. The first-order valence-electron chi connectivity index (χ1n) is 6.99. The Balaban J connectivity index is 0.00000220. The van der Waals surface area contributed by atoms with Crippen LogP contribution in [0.15, 0.2) is 23.2 Å². The number of nitrogens with one attached hydrogen (secondary N) is 2. The zero-order chi connectivity index (χ0) is 14.5. The Bertz CT molecular complexity index is 494. The summed E-state index contributed by atoms with van der Waals surface area (Å²) in [7, 11) is 3.41. The average molecular weight is 405 g/mol. The average Bonchev–Trinajstić information content (AvgIpc) is 3.15. The van der Waals surface area contributed by atoms with E-state index in [2.05, 4.69) is 22.5 Å². The first-order valence-corrected chi connectivity index (χ1v) is 6.99. The monoisotopic (exact) mass is 405 g/mol. The molecule has 5 nitrogen and oxygen atoms in total. The number of anilines is 1. The molecule has 0 aromatic heterocycles. The van der Waals surface area contributed by atoms with Crippen LogP contribution in [0.2, 0.25) is 0 Å². The molecule has 2 N–H and O–H groups in total. The highest BCUT2D eigenvalue weighted by molar-refractivity contribution is 14.0. The van der Waals surface area contributed by atoms with E-state index in [1.54, 1.807) is 14.2 Å². The normalized spacial score (nSPS) is 20.3. The fourth-order valence-corrected chi connectivity index (χ4v) is 2.01. The molecule has 0 saturated heterocycles. The predicted octanol–water partition coefficient (Wildman–Crippen LogP) is 3.11. The van der Waals surface area contributed by atoms with E-state index in [1.165, 1.54) is 6.42 Å². The van der Waals surface area contributed by atoms with Gasteiger partial charge in [-0.2, -0.15) is 0 Å². The Morgan fingerprint density at radius 1 is 1.38 bits per heavy atom. The molecule has 118 valence electrons. The number of methoxy groups -OCH3 is 1. The van der Waals surface area contributed by atoms with Crippen LogP contribution in [0.25, 0.3) is 0 Å². The minimum absolute atomic E-state index is 0. The molecule has 1 aliphatic carbocycles. The minimum Gasteiger partial charge on any atom is -0.493 e. The number of guanidine groups is 1. The van der Waals surface area contributed by atoms with Gasteiger partial charge in [-0.05, 0) is 31.4 Å². The zero-order valence-electron chi connectivity index (χ0n) is 13.0. The van der Waals surface area contributed by atoms with Crippen molar-refractivity contribution in [2.45, 2.75) is 26.3 Å². The van der Waals surface area contributed by atoms with Gasteiger partial charge in [-0.25, -0.2) is 0 Å². The van der Waals surface area contributed by atoms with Gasteiger partial charge in [0.25, 0.3) is 0 Å². The molecular weight excluding hydrogens is 381 g/mol. The highest BCUT2D eigenvalue weighted by Gasteiger charge is 2.33. The van der Waals surface area contributed by atoms with Crippen molar-refractivity contribution in [3.05, 3.63) is 18.2 Å². The van der Waals surface area contributed by atoms with Crippen molar-refractivity contribution in [1.82, 2.24) is 5.32 Å². The third-order valence-corrected chi connectivity index (χ3v) is 3.38. The summed E-state index contributed by atoms with van der Waals surface area (Å²) in [6, 6.07) is 6.30. The second kappa shape index (κ2) is 8.31. The number of nitrogens with zero attached hydrogens (tertiary/aromatic N) is 1. The smallest absolute Gasteiger partial charge is 0.195 e. The number of rotatable bonds is 5. The first kappa shape index (κ1) is 17.9. The van der Waals surface area contributed by atoms with Crippen LogP contribution in [-0.4, -0.2) is 32.8 Å². The highest BCUT2D eigenvalue weighted by atomic mass is 127. The van der Waals surface area contributed by atoms with Crippen molar-refractivity contribution in [1.29, 1.82) is 0 Å². The van der Waals surface area contributed by atoms with E-state index >= 15 is 0 Å². The lowest BCUT2D eigenvalue weighted by atomic mass is 10.2. The summed E-state index contributed by atoms with van der Waals surface area (Å²) in [4.78, 5) is 4.23. The lowest BCUT2D eigenvalue weighted by molar-refractivity contribution is 0.311. The molecule has 0 bridgehead atoms. The van der Waals surface area contributed by atoms with Gasteiger partial charge >= 0.3 is 0 Å². The van der Waals surface area contributed by atoms with E-state index in [0.29, 0.717) is 18.4 Å². The van der Waals surface area contributed by atoms with Crippen molar-refractivity contribution < 1.29 is 9.47 Å². The largest absolute Gasteiger partial charge is 0.493 e. The number of halogens is 1. The predicted molar refractivity (Wildman–Crippen MR) is 97.3 cm³/mol. The van der Waals surface area contributed by atoms with E-state index in [4.69, 9.17) is 9.47 Å². The summed E-state index contributed by atoms with van der Waals surface area (Å²) >= 11 is 0. The van der Waals surface area contributed by atoms with Crippen LogP contribution in [0.1, 0.15) is 20.3 Å². The standard InChI is InChI=1S/C15H23N3O2.HI/c1-5-20-13-7-6-11(9-14(13)19-4)17-15(16-3)18-12-8-10(12)2;/h6-7,9-10,12H,5,8H2,1-4H3,(H2,16,17,18);1H. The lowest BCUT2D eigenvalue weighted by Gasteiger charge is -2.14. The second-order valence-electron chi connectivity index (χ2n) is 4.96. The van der Waals surface area contributed by atoms with Crippen molar-refractivity contribution >= 4 is 35.6 Å². The van der Waals surface area contributed by atoms with Crippen LogP contribution in [-0.2, 0) is 0 Å². The van der Waals surface area contributed by atoms with Crippen molar-refractivity contribution in [3.8, 4) is 11.5 Å². The molecule has 0 aliphatic heterocycles. The topological polar surface area (TPSA) is 54.9 Å². The summed E-state index contributed by atoms with van der Waals surface area (Å²) in [5, 5.41) is 6.65. The van der Waals surface area contributed by atoms with Gasteiger partial charge in [-0.1, -0.05) is 6.92 Å². The maximum atomic E-state index is 5.50. The quantitative estimate of drug-likeness (QED) is 0.449. The van der Waals surface area contributed by atoms with E-state index in [0.717, 1.165) is 23.3 Å². The maximum absolute atomic E-state index is 5.50. The number of hydrogen-bond acceptors (Lipinski definition) is 3. The third-order valence-electron chi connectivity index (χ3n) is 3.38. The first-order chi connectivity index (χ1) is 9.67. The van der Waals surface area contributed by atoms with Crippen molar-refractivity contribution in [2.75, 3.05) is 26.1 Å². The van der Waals surface area contributed by atoms with Gasteiger partial charge in [0.15, 0.2) is 17.5 Å². The van der Waals surface area contributed by atoms with E-state index < -0.39 is 0 Å². The number of aliphatic imine (C=N–C) groups is 1. The van der Waals surface area contributed by atoms with E-state index in [9.17, 15) is 0 Å². The van der Waals surface area contributed by atoms with Crippen molar-refractivity contribution in [2.24, 2.45) is 10.9 Å². The molecule has 0 heterocycles. The summed E-state index contributed by atoms with van der Waals surface area (Å²) < 4.78 is 10.8. The van der Waals surface area contributed by atoms with E-state index in [-0.39, 0.29) is 24.0 Å². The molecule has 0 spiro atoms. The molecule has 2 rings (SSSR count). The van der Waals surface area contributed by atoms with Crippen LogP contribution < -0.4 is 20.1 Å². The van der Waals surface area contributed by atoms with E-state index in [1.807, 2.05) is 25.1 Å². The summed E-state index contributed by atoms with van der Waals surface area (Å²) in [6.07, 6.45) is 1.20. The molecule has 2 atom stereocenters. The van der Waals surface area contributed by atoms with Crippen LogP contribution in [0, 0.1) is 5.92 Å². The molecule has 2 unspecified atom stereocenters. The van der Waals surface area contributed by atoms with Crippen LogP contribution in [0.4, 0.5) is 5.69 Å². The SMILES string of the molecule is CCOc1ccc(NC(=NC)NC2CC2C)cc1OC.I. The molecule has 1 aromatic rings. The molecule has 6 heteroatoms. The van der Waals surface area contributed by atoms with Gasteiger partial charge in [-0.15, -0.1) is 24.0 Å². The molecular formula is C15H24IN3O2. The lowest BCUT2D eigenvalue weighted by Crippen LogP contribution is -2.33. The second-order valence-corrected chi connectivity index (χ2v) is 4.96. The molecule has 1 aliphatic rings. The van der Waals surface area contributed by atoms with Gasteiger partial charge < -0.3 is 20.1 Å². The molecule has 1 saturated carbocycles.